The van der Waals surface area contributed by atoms with E-state index in [9.17, 15) is 0 Å². The normalized spacial score (nSPS) is 11.5. The molecule has 1 aromatic carbocycles. The van der Waals surface area contributed by atoms with Gasteiger partial charge in [-0.15, -0.1) is 0 Å². The summed E-state index contributed by atoms with van der Waals surface area (Å²) in [6.45, 7) is 7.35. The molecule has 0 amide bonds. The topological polar surface area (TPSA) is 9.23 Å². The van der Waals surface area contributed by atoms with Gasteiger partial charge in [0.1, 0.15) is 5.75 Å². The van der Waals surface area contributed by atoms with Gasteiger partial charge in [-0.1, -0.05) is 45.5 Å². The van der Waals surface area contributed by atoms with Crippen LogP contribution >= 0.6 is 12.6 Å². The van der Waals surface area contributed by atoms with Crippen LogP contribution in [0.2, 0.25) is 0 Å². The summed E-state index contributed by atoms with van der Waals surface area (Å²) in [4.78, 5) is 0. The first-order valence-corrected chi connectivity index (χ1v) is 5.93. The van der Waals surface area contributed by atoms with Crippen LogP contribution in [0.4, 0.5) is 0 Å². The molecule has 1 radical (unpaired) electrons. The number of benzene rings is 1. The standard InChI is InChI=1S/C13H19OS/c1-13(2,3)11-5-7-12(8-6-11)14-9-4-10-15/h5-8H,4,9-10H2,1-3H3. The van der Waals surface area contributed by atoms with Gasteiger partial charge >= 0.3 is 0 Å². The minimum atomic E-state index is 0.207. The van der Waals surface area contributed by atoms with Gasteiger partial charge in [0, 0.05) is 5.75 Å². The lowest BCUT2D eigenvalue weighted by Crippen LogP contribution is -2.10. The maximum Gasteiger partial charge on any atom is 0.119 e. The second-order valence-corrected chi connectivity index (χ2v) is 5.09. The van der Waals surface area contributed by atoms with E-state index in [-0.39, 0.29) is 5.41 Å². The second-order valence-electron chi connectivity index (χ2n) is 4.68. The number of ether oxygens (including phenoxy) is 1. The van der Waals surface area contributed by atoms with E-state index in [2.05, 4.69) is 32.9 Å². The second kappa shape index (κ2) is 5.45. The lowest BCUT2D eigenvalue weighted by molar-refractivity contribution is 0.318. The molecule has 0 unspecified atom stereocenters. The summed E-state index contributed by atoms with van der Waals surface area (Å²) < 4.78 is 5.55. The average molecular weight is 223 g/mol. The molecule has 0 fully saturated rings. The molecule has 0 aliphatic heterocycles. The van der Waals surface area contributed by atoms with E-state index >= 15 is 0 Å². The molecule has 0 saturated carbocycles. The molecule has 0 N–H and O–H groups in total. The van der Waals surface area contributed by atoms with Crippen molar-refractivity contribution in [1.29, 1.82) is 0 Å². The van der Waals surface area contributed by atoms with Crippen LogP contribution in [0.15, 0.2) is 24.3 Å². The first kappa shape index (κ1) is 12.4. The molecule has 2 heteroatoms. The maximum atomic E-state index is 5.55. The Hall–Kier alpha value is -0.630. The van der Waals surface area contributed by atoms with E-state index in [0.717, 1.165) is 24.5 Å². The number of hydrogen-bond acceptors (Lipinski definition) is 1. The SMILES string of the molecule is CC(C)(C)c1ccc(OCCC[S])cc1. The molecule has 1 aromatic rings. The molecular weight excluding hydrogens is 204 g/mol. The quantitative estimate of drug-likeness (QED) is 0.702. The number of rotatable bonds is 4. The zero-order valence-electron chi connectivity index (χ0n) is 9.75. The van der Waals surface area contributed by atoms with Crippen molar-refractivity contribution in [3.8, 4) is 5.75 Å². The third-order valence-corrected chi connectivity index (χ3v) is 2.57. The Labute approximate surface area is 98.3 Å². The highest BCUT2D eigenvalue weighted by atomic mass is 32.1. The van der Waals surface area contributed by atoms with Crippen LogP contribution in [0.3, 0.4) is 0 Å². The van der Waals surface area contributed by atoms with Gasteiger partial charge in [0.25, 0.3) is 0 Å². The van der Waals surface area contributed by atoms with Crippen molar-refractivity contribution in [3.63, 3.8) is 0 Å². The van der Waals surface area contributed by atoms with E-state index in [1.807, 2.05) is 12.1 Å². The molecule has 0 aliphatic rings. The molecule has 0 aromatic heterocycles. The van der Waals surface area contributed by atoms with Gasteiger partial charge in [-0.05, 0) is 29.5 Å². The summed E-state index contributed by atoms with van der Waals surface area (Å²) in [6.07, 6.45) is 0.941. The van der Waals surface area contributed by atoms with Gasteiger partial charge in [-0.2, -0.15) is 0 Å². The minimum absolute atomic E-state index is 0.207. The van der Waals surface area contributed by atoms with Crippen molar-refractivity contribution in [2.75, 3.05) is 12.4 Å². The fraction of sp³-hybridized carbons (Fsp3) is 0.538. The monoisotopic (exact) mass is 223 g/mol. The van der Waals surface area contributed by atoms with Crippen LogP contribution in [0.1, 0.15) is 32.8 Å². The summed E-state index contributed by atoms with van der Waals surface area (Å²) in [7, 11) is 0. The largest absolute Gasteiger partial charge is 0.494 e. The van der Waals surface area contributed by atoms with Crippen LogP contribution in [0.25, 0.3) is 0 Å². The molecule has 83 valence electrons. The predicted octanol–water partition coefficient (Wildman–Crippen LogP) is 3.95. The summed E-state index contributed by atoms with van der Waals surface area (Å²) in [6, 6.07) is 8.32. The summed E-state index contributed by atoms with van der Waals surface area (Å²) in [5.74, 6) is 1.70. The van der Waals surface area contributed by atoms with Crippen molar-refractivity contribution in [1.82, 2.24) is 0 Å². The molecule has 0 saturated heterocycles. The van der Waals surface area contributed by atoms with Crippen LogP contribution in [0.5, 0.6) is 5.75 Å². The van der Waals surface area contributed by atoms with E-state index in [4.69, 9.17) is 17.4 Å². The predicted molar refractivity (Wildman–Crippen MR) is 67.7 cm³/mol. The van der Waals surface area contributed by atoms with Crippen LogP contribution in [-0.2, 0) is 5.41 Å². The average Bonchev–Trinajstić information content (AvgIpc) is 2.18. The molecule has 0 atom stereocenters. The van der Waals surface area contributed by atoms with Gasteiger partial charge < -0.3 is 4.74 Å². The Balaban J connectivity index is 2.57. The van der Waals surface area contributed by atoms with Crippen molar-refractivity contribution in [2.24, 2.45) is 0 Å². The van der Waals surface area contributed by atoms with Crippen LogP contribution in [-0.4, -0.2) is 12.4 Å². The number of hydrogen-bond donors (Lipinski definition) is 0. The van der Waals surface area contributed by atoms with E-state index < -0.39 is 0 Å². The van der Waals surface area contributed by atoms with Gasteiger partial charge in [-0.25, -0.2) is 0 Å². The Morgan fingerprint density at radius 2 is 1.73 bits per heavy atom. The lowest BCUT2D eigenvalue weighted by Gasteiger charge is -2.19. The molecule has 0 heterocycles. The third kappa shape index (κ3) is 4.17. The lowest BCUT2D eigenvalue weighted by atomic mass is 9.87. The Kier molecular flexibility index (Phi) is 4.52. The zero-order valence-corrected chi connectivity index (χ0v) is 10.6. The molecule has 0 spiro atoms. The smallest absolute Gasteiger partial charge is 0.119 e. The van der Waals surface area contributed by atoms with E-state index in [0.29, 0.717) is 0 Å². The highest BCUT2D eigenvalue weighted by Crippen LogP contribution is 2.24. The van der Waals surface area contributed by atoms with Crippen molar-refractivity contribution in [3.05, 3.63) is 29.8 Å². The highest BCUT2D eigenvalue weighted by molar-refractivity contribution is 7.80. The Morgan fingerprint density at radius 3 is 2.20 bits per heavy atom. The van der Waals surface area contributed by atoms with Gasteiger partial charge in [0.15, 0.2) is 0 Å². The minimum Gasteiger partial charge on any atom is -0.494 e. The van der Waals surface area contributed by atoms with E-state index in [1.165, 1.54) is 5.56 Å². The van der Waals surface area contributed by atoms with Crippen molar-refractivity contribution < 1.29 is 4.74 Å². The van der Waals surface area contributed by atoms with Gasteiger partial charge in [-0.3, -0.25) is 0 Å². The zero-order chi connectivity index (χ0) is 11.3. The van der Waals surface area contributed by atoms with E-state index in [1.54, 1.807) is 0 Å². The maximum absolute atomic E-state index is 5.55. The highest BCUT2D eigenvalue weighted by Gasteiger charge is 2.12. The summed E-state index contributed by atoms with van der Waals surface area (Å²) in [5, 5.41) is 0. The molecule has 1 nitrogen and oxygen atoms in total. The molecule has 1 rings (SSSR count). The third-order valence-electron chi connectivity index (χ3n) is 2.28. The fourth-order valence-electron chi connectivity index (χ4n) is 1.30. The first-order valence-electron chi connectivity index (χ1n) is 5.35. The molecule has 15 heavy (non-hydrogen) atoms. The fourth-order valence-corrected chi connectivity index (χ4v) is 1.42. The van der Waals surface area contributed by atoms with Gasteiger partial charge in [0.2, 0.25) is 0 Å². The first-order chi connectivity index (χ1) is 7.04. The summed E-state index contributed by atoms with van der Waals surface area (Å²) in [5.41, 5.74) is 1.54. The van der Waals surface area contributed by atoms with Crippen molar-refractivity contribution in [2.45, 2.75) is 32.6 Å². The molecule has 0 aliphatic carbocycles. The molecular formula is C13H19OS. The Bertz CT molecular complexity index is 284. The molecule has 0 bridgehead atoms. The summed E-state index contributed by atoms with van der Waals surface area (Å²) >= 11 is 4.86. The van der Waals surface area contributed by atoms with Crippen LogP contribution < -0.4 is 4.74 Å². The van der Waals surface area contributed by atoms with Gasteiger partial charge in [0.05, 0.1) is 6.61 Å². The van der Waals surface area contributed by atoms with Crippen LogP contribution in [0, 0.1) is 0 Å². The Morgan fingerprint density at radius 1 is 1.13 bits per heavy atom. The van der Waals surface area contributed by atoms with Crippen molar-refractivity contribution >= 4 is 12.6 Å².